The highest BCUT2D eigenvalue weighted by atomic mass is 16.5. The number of aliphatic hydroxyl groups is 1. The fourth-order valence-electron chi connectivity index (χ4n) is 5.47. The standard InChI is InChI=1S/C26H35N5O5/c1-3-36-26(35)21-17(2)12-13-18-22(21)25(34)30(14-8-4-5-9-15-32)23(18)24(33)27-16-31-20-11-7-6-10-19(20)28-29-31/h6-7,10-13,17-18,21-23,32H,3-5,8-9,14-16H2,1-2H3,(H,27,33)/t17-,18+,21-,22-,23+/m1/s1. The van der Waals surface area contributed by atoms with Crippen LogP contribution in [0.3, 0.4) is 0 Å². The molecular weight excluding hydrogens is 462 g/mol. The second-order valence-electron chi connectivity index (χ2n) is 9.52. The van der Waals surface area contributed by atoms with E-state index in [1.807, 2.05) is 43.3 Å². The summed E-state index contributed by atoms with van der Waals surface area (Å²) in [6, 6.07) is 6.76. The number of amides is 2. The number of aromatic nitrogens is 3. The van der Waals surface area contributed by atoms with Crippen LogP contribution >= 0.6 is 0 Å². The van der Waals surface area contributed by atoms with Crippen LogP contribution in [-0.2, 0) is 25.8 Å². The zero-order valence-electron chi connectivity index (χ0n) is 20.9. The fourth-order valence-corrected chi connectivity index (χ4v) is 5.47. The molecule has 1 aromatic heterocycles. The Morgan fingerprint density at radius 1 is 1.14 bits per heavy atom. The van der Waals surface area contributed by atoms with Gasteiger partial charge in [0.1, 0.15) is 18.2 Å². The van der Waals surface area contributed by atoms with Gasteiger partial charge in [-0.3, -0.25) is 14.4 Å². The van der Waals surface area contributed by atoms with Crippen molar-refractivity contribution in [3.05, 3.63) is 36.4 Å². The summed E-state index contributed by atoms with van der Waals surface area (Å²) in [5.41, 5.74) is 1.53. The lowest BCUT2D eigenvalue weighted by atomic mass is 9.70. The number of hydrogen-bond donors (Lipinski definition) is 2. The van der Waals surface area contributed by atoms with Crippen LogP contribution in [0.4, 0.5) is 0 Å². The molecule has 0 bridgehead atoms. The molecule has 10 heteroatoms. The van der Waals surface area contributed by atoms with E-state index in [-0.39, 0.29) is 37.6 Å². The van der Waals surface area contributed by atoms with Gasteiger partial charge in [-0.25, -0.2) is 4.68 Å². The van der Waals surface area contributed by atoms with Crippen LogP contribution in [0, 0.1) is 23.7 Å². The number of ether oxygens (including phenoxy) is 1. The summed E-state index contributed by atoms with van der Waals surface area (Å²) in [7, 11) is 0. The van der Waals surface area contributed by atoms with Crippen molar-refractivity contribution in [2.24, 2.45) is 23.7 Å². The summed E-state index contributed by atoms with van der Waals surface area (Å²) in [5.74, 6) is -2.70. The molecule has 2 amide bonds. The van der Waals surface area contributed by atoms with Gasteiger partial charge in [0.25, 0.3) is 0 Å². The topological polar surface area (TPSA) is 127 Å². The molecule has 1 aliphatic carbocycles. The number of carbonyl (C=O) groups excluding carboxylic acids is 3. The maximum atomic E-state index is 13.7. The fraction of sp³-hybridized carbons (Fsp3) is 0.577. The molecule has 2 aliphatic rings. The summed E-state index contributed by atoms with van der Waals surface area (Å²) in [5, 5.41) is 20.2. The second-order valence-corrected chi connectivity index (χ2v) is 9.52. The van der Waals surface area contributed by atoms with Gasteiger partial charge in [0.15, 0.2) is 0 Å². The number of allylic oxidation sites excluding steroid dienone is 1. The molecule has 2 aromatic rings. The third-order valence-corrected chi connectivity index (χ3v) is 7.23. The van der Waals surface area contributed by atoms with Gasteiger partial charge in [0.05, 0.1) is 24.0 Å². The highest BCUT2D eigenvalue weighted by Gasteiger charge is 2.56. The Bertz CT molecular complexity index is 1120. The molecule has 1 aromatic carbocycles. The molecule has 36 heavy (non-hydrogen) atoms. The van der Waals surface area contributed by atoms with Crippen molar-refractivity contribution in [2.45, 2.75) is 52.2 Å². The molecule has 4 rings (SSSR count). The zero-order valence-corrected chi connectivity index (χ0v) is 20.9. The smallest absolute Gasteiger partial charge is 0.310 e. The molecule has 0 saturated carbocycles. The number of benzene rings is 1. The van der Waals surface area contributed by atoms with Gasteiger partial charge in [0, 0.05) is 19.1 Å². The Morgan fingerprint density at radius 2 is 1.92 bits per heavy atom. The lowest BCUT2D eigenvalue weighted by Crippen LogP contribution is -2.48. The van der Waals surface area contributed by atoms with E-state index in [9.17, 15) is 14.4 Å². The number of nitrogens with zero attached hydrogens (tertiary/aromatic N) is 4. The number of likely N-dealkylation sites (tertiary alicyclic amines) is 1. The summed E-state index contributed by atoms with van der Waals surface area (Å²) >= 11 is 0. The molecule has 1 aliphatic heterocycles. The molecule has 194 valence electrons. The van der Waals surface area contributed by atoms with E-state index < -0.39 is 29.8 Å². The largest absolute Gasteiger partial charge is 0.466 e. The van der Waals surface area contributed by atoms with E-state index in [1.54, 1.807) is 16.5 Å². The Labute approximate surface area is 210 Å². The van der Waals surface area contributed by atoms with Crippen molar-refractivity contribution in [3.8, 4) is 0 Å². The minimum absolute atomic E-state index is 0.118. The number of aliphatic hydroxyl groups excluding tert-OH is 1. The molecule has 1 fully saturated rings. The minimum atomic E-state index is -0.726. The molecule has 2 heterocycles. The minimum Gasteiger partial charge on any atom is -0.466 e. The number of esters is 1. The molecule has 0 radical (unpaired) electrons. The highest BCUT2D eigenvalue weighted by Crippen LogP contribution is 2.44. The number of fused-ring (bicyclic) bond motifs is 2. The van der Waals surface area contributed by atoms with Crippen LogP contribution in [-0.4, -0.2) is 68.6 Å². The van der Waals surface area contributed by atoms with Gasteiger partial charge in [-0.1, -0.05) is 49.3 Å². The van der Waals surface area contributed by atoms with Crippen LogP contribution < -0.4 is 5.32 Å². The Hall–Kier alpha value is -3.27. The van der Waals surface area contributed by atoms with Crippen molar-refractivity contribution < 1.29 is 24.2 Å². The normalized spacial score (nSPS) is 25.2. The van der Waals surface area contributed by atoms with Crippen LogP contribution in [0.15, 0.2) is 36.4 Å². The Kier molecular flexibility index (Phi) is 8.35. The molecule has 0 unspecified atom stereocenters. The number of rotatable bonds is 11. The number of para-hydroxylation sites is 1. The van der Waals surface area contributed by atoms with Crippen LogP contribution in [0.2, 0.25) is 0 Å². The number of nitrogens with one attached hydrogen (secondary N) is 1. The number of hydrogen-bond acceptors (Lipinski definition) is 7. The SMILES string of the molecule is CCOC(=O)[C@H]1[C@@H]2C(=O)N(CCCCCCO)[C@H](C(=O)NCn3nnc4ccccc43)[C@H]2C=C[C@H]1C. The zero-order chi connectivity index (χ0) is 25.7. The van der Waals surface area contributed by atoms with Crippen LogP contribution in [0.5, 0.6) is 0 Å². The quantitative estimate of drug-likeness (QED) is 0.276. The van der Waals surface area contributed by atoms with E-state index in [1.165, 1.54) is 0 Å². The van der Waals surface area contributed by atoms with Gasteiger partial charge in [-0.15, -0.1) is 5.10 Å². The molecule has 10 nitrogen and oxygen atoms in total. The first-order chi connectivity index (χ1) is 17.5. The first-order valence-corrected chi connectivity index (χ1v) is 12.8. The van der Waals surface area contributed by atoms with Crippen molar-refractivity contribution in [1.29, 1.82) is 0 Å². The van der Waals surface area contributed by atoms with Crippen LogP contribution in [0.1, 0.15) is 39.5 Å². The van der Waals surface area contributed by atoms with E-state index >= 15 is 0 Å². The maximum Gasteiger partial charge on any atom is 0.310 e. The van der Waals surface area contributed by atoms with Crippen LogP contribution in [0.25, 0.3) is 11.0 Å². The van der Waals surface area contributed by atoms with Gasteiger partial charge in [-0.05, 0) is 37.8 Å². The Morgan fingerprint density at radius 3 is 2.69 bits per heavy atom. The average molecular weight is 498 g/mol. The lowest BCUT2D eigenvalue weighted by Gasteiger charge is -2.32. The predicted octanol–water partition coefficient (Wildman–Crippen LogP) is 1.89. The summed E-state index contributed by atoms with van der Waals surface area (Å²) in [6.07, 6.45) is 6.96. The molecule has 1 saturated heterocycles. The second kappa shape index (κ2) is 11.6. The number of unbranched alkanes of at least 4 members (excludes halogenated alkanes) is 3. The maximum absolute atomic E-state index is 13.7. The van der Waals surface area contributed by atoms with Crippen molar-refractivity contribution in [3.63, 3.8) is 0 Å². The predicted molar refractivity (Wildman–Crippen MR) is 132 cm³/mol. The summed E-state index contributed by atoms with van der Waals surface area (Å²) < 4.78 is 6.93. The van der Waals surface area contributed by atoms with E-state index in [2.05, 4.69) is 15.6 Å². The molecule has 0 spiro atoms. The highest BCUT2D eigenvalue weighted by molar-refractivity contribution is 5.96. The third kappa shape index (κ3) is 5.13. The van der Waals surface area contributed by atoms with E-state index in [0.717, 1.165) is 23.9 Å². The first-order valence-electron chi connectivity index (χ1n) is 12.8. The Balaban J connectivity index is 1.55. The van der Waals surface area contributed by atoms with E-state index in [4.69, 9.17) is 9.84 Å². The van der Waals surface area contributed by atoms with E-state index in [0.29, 0.717) is 19.4 Å². The number of carbonyl (C=O) groups is 3. The van der Waals surface area contributed by atoms with Crippen molar-refractivity contribution in [1.82, 2.24) is 25.2 Å². The molecule has 2 N–H and O–H groups in total. The van der Waals surface area contributed by atoms with Crippen molar-refractivity contribution >= 4 is 28.8 Å². The monoisotopic (exact) mass is 497 g/mol. The average Bonchev–Trinajstić information content (AvgIpc) is 3.41. The van der Waals surface area contributed by atoms with Gasteiger partial charge in [-0.2, -0.15) is 0 Å². The van der Waals surface area contributed by atoms with Gasteiger partial charge in [0.2, 0.25) is 11.8 Å². The summed E-state index contributed by atoms with van der Waals surface area (Å²) in [4.78, 5) is 41.7. The third-order valence-electron chi connectivity index (χ3n) is 7.23. The van der Waals surface area contributed by atoms with Gasteiger partial charge < -0.3 is 20.1 Å². The van der Waals surface area contributed by atoms with Gasteiger partial charge >= 0.3 is 5.97 Å². The lowest BCUT2D eigenvalue weighted by molar-refractivity contribution is -0.155. The van der Waals surface area contributed by atoms with Crippen molar-refractivity contribution in [2.75, 3.05) is 19.8 Å². The molecule has 5 atom stereocenters. The summed E-state index contributed by atoms with van der Waals surface area (Å²) in [6.45, 7) is 4.56. The molecular formula is C26H35N5O5. The first kappa shape index (κ1) is 25.8.